The number of benzene rings is 1. The van der Waals surface area contributed by atoms with Gasteiger partial charge in [0.1, 0.15) is 4.21 Å². The highest BCUT2D eigenvalue weighted by molar-refractivity contribution is 9.10. The number of thiophene rings is 1. The third-order valence-corrected chi connectivity index (χ3v) is 9.92. The van der Waals surface area contributed by atoms with Gasteiger partial charge in [0.05, 0.1) is 5.92 Å². The van der Waals surface area contributed by atoms with Crippen LogP contribution in [0.15, 0.2) is 50.5 Å². The van der Waals surface area contributed by atoms with E-state index < -0.39 is 10.0 Å². The highest BCUT2D eigenvalue weighted by Gasteiger charge is 2.40. The molecule has 1 amide bonds. The number of carbonyl (C=O) groups is 1. The first-order valence-corrected chi connectivity index (χ1v) is 13.1. The van der Waals surface area contributed by atoms with Crippen LogP contribution in [0.25, 0.3) is 0 Å². The lowest BCUT2D eigenvalue weighted by molar-refractivity contribution is -0.126. The van der Waals surface area contributed by atoms with E-state index >= 15 is 0 Å². The monoisotopic (exact) mass is 496 g/mol. The van der Waals surface area contributed by atoms with Crippen LogP contribution in [0.1, 0.15) is 37.7 Å². The molecule has 1 aliphatic heterocycles. The molecule has 4 rings (SSSR count). The molecule has 29 heavy (non-hydrogen) atoms. The zero-order valence-electron chi connectivity index (χ0n) is 16.1. The minimum Gasteiger partial charge on any atom is -0.355 e. The fraction of sp³-hybridized carbons (Fsp3) is 0.476. The second-order valence-electron chi connectivity index (χ2n) is 8.00. The van der Waals surface area contributed by atoms with Gasteiger partial charge in [0.25, 0.3) is 10.0 Å². The van der Waals surface area contributed by atoms with Gasteiger partial charge in [-0.3, -0.25) is 4.79 Å². The normalized spacial score (nSPS) is 22.0. The van der Waals surface area contributed by atoms with Crippen molar-refractivity contribution in [1.29, 1.82) is 0 Å². The molecular weight excluding hydrogens is 472 g/mol. The first-order valence-electron chi connectivity index (χ1n) is 9.98. The fourth-order valence-corrected chi connectivity index (χ4v) is 7.37. The molecule has 0 spiro atoms. The number of halogens is 1. The quantitative estimate of drug-likeness (QED) is 0.652. The van der Waals surface area contributed by atoms with Crippen LogP contribution in [0.5, 0.6) is 0 Å². The summed E-state index contributed by atoms with van der Waals surface area (Å²) in [5, 5.41) is 4.91. The molecule has 1 N–H and O–H groups in total. The van der Waals surface area contributed by atoms with E-state index in [4.69, 9.17) is 0 Å². The summed E-state index contributed by atoms with van der Waals surface area (Å²) in [6, 6.07) is 11.7. The standard InChI is InChI=1S/C21H25BrN2O3S2/c22-18-7-1-6-17(13-18)21(9-4-10-21)15-23-20(25)16-5-2-11-24(14-16)29(26,27)19-8-3-12-28-19/h1,3,6-8,12-13,16H,2,4-5,9-11,14-15H2,(H,23,25). The number of nitrogens with zero attached hydrogens (tertiary/aromatic N) is 1. The number of rotatable bonds is 6. The predicted molar refractivity (Wildman–Crippen MR) is 118 cm³/mol. The molecule has 0 bridgehead atoms. The number of amides is 1. The Morgan fingerprint density at radius 2 is 2.07 bits per heavy atom. The van der Waals surface area contributed by atoms with Gasteiger partial charge in [0, 0.05) is 29.5 Å². The van der Waals surface area contributed by atoms with Crippen molar-refractivity contribution in [2.24, 2.45) is 5.92 Å². The van der Waals surface area contributed by atoms with E-state index in [1.807, 2.05) is 12.1 Å². The number of hydrogen-bond acceptors (Lipinski definition) is 4. The van der Waals surface area contributed by atoms with E-state index in [1.165, 1.54) is 27.6 Å². The molecule has 1 saturated carbocycles. The third-order valence-electron chi connectivity index (χ3n) is 6.19. The lowest BCUT2D eigenvalue weighted by Gasteiger charge is -2.43. The van der Waals surface area contributed by atoms with Crippen molar-refractivity contribution in [3.8, 4) is 0 Å². The van der Waals surface area contributed by atoms with Gasteiger partial charge in [0.2, 0.25) is 5.91 Å². The molecule has 1 aliphatic carbocycles. The minimum absolute atomic E-state index is 0.00314. The van der Waals surface area contributed by atoms with Crippen LogP contribution >= 0.6 is 27.3 Å². The summed E-state index contributed by atoms with van der Waals surface area (Å²) < 4.78 is 28.5. The van der Waals surface area contributed by atoms with Crippen molar-refractivity contribution in [3.05, 3.63) is 51.8 Å². The summed E-state index contributed by atoms with van der Waals surface area (Å²) in [5.74, 6) is -0.324. The molecule has 2 heterocycles. The van der Waals surface area contributed by atoms with Gasteiger partial charge < -0.3 is 5.32 Å². The largest absolute Gasteiger partial charge is 0.355 e. The van der Waals surface area contributed by atoms with Crippen molar-refractivity contribution in [2.75, 3.05) is 19.6 Å². The number of carbonyl (C=O) groups excluding carboxylic acids is 1. The molecule has 2 aliphatic rings. The molecule has 1 aromatic carbocycles. The molecule has 2 fully saturated rings. The van der Waals surface area contributed by atoms with Crippen LogP contribution in [-0.4, -0.2) is 38.3 Å². The topological polar surface area (TPSA) is 66.5 Å². The Kier molecular flexibility index (Phi) is 6.16. The molecule has 1 aromatic heterocycles. The Morgan fingerprint density at radius 1 is 1.24 bits per heavy atom. The number of sulfonamides is 1. The summed E-state index contributed by atoms with van der Waals surface area (Å²) >= 11 is 4.77. The maximum Gasteiger partial charge on any atom is 0.252 e. The van der Waals surface area contributed by atoms with Crippen LogP contribution in [0.2, 0.25) is 0 Å². The Bertz CT molecular complexity index is 972. The first kappa shape index (κ1) is 21.0. The maximum atomic E-state index is 12.9. The van der Waals surface area contributed by atoms with Crippen LogP contribution < -0.4 is 5.32 Å². The SMILES string of the molecule is O=C(NCC1(c2cccc(Br)c2)CCC1)C1CCCN(S(=O)(=O)c2cccs2)C1. The van der Waals surface area contributed by atoms with Gasteiger partial charge >= 0.3 is 0 Å². The molecule has 1 unspecified atom stereocenters. The van der Waals surface area contributed by atoms with Crippen molar-refractivity contribution in [1.82, 2.24) is 9.62 Å². The summed E-state index contributed by atoms with van der Waals surface area (Å²) in [6.45, 7) is 1.35. The van der Waals surface area contributed by atoms with Gasteiger partial charge in [-0.2, -0.15) is 4.31 Å². The average molecular weight is 497 g/mol. The Labute approximate surface area is 184 Å². The van der Waals surface area contributed by atoms with Crippen molar-refractivity contribution >= 4 is 43.2 Å². The third kappa shape index (κ3) is 4.31. The number of piperidine rings is 1. The van der Waals surface area contributed by atoms with Crippen LogP contribution in [0.3, 0.4) is 0 Å². The van der Waals surface area contributed by atoms with E-state index in [0.29, 0.717) is 23.7 Å². The van der Waals surface area contributed by atoms with Crippen LogP contribution in [0, 0.1) is 5.92 Å². The van der Waals surface area contributed by atoms with E-state index in [0.717, 1.165) is 23.7 Å². The van der Waals surface area contributed by atoms with Gasteiger partial charge in [-0.05, 0) is 54.8 Å². The second kappa shape index (κ2) is 8.49. The second-order valence-corrected chi connectivity index (χ2v) is 12.0. The molecule has 1 saturated heterocycles. The average Bonchev–Trinajstić information content (AvgIpc) is 3.23. The number of nitrogens with one attached hydrogen (secondary N) is 1. The molecule has 156 valence electrons. The van der Waals surface area contributed by atoms with E-state index in [-0.39, 0.29) is 23.8 Å². The first-order chi connectivity index (χ1) is 13.9. The Balaban J connectivity index is 1.41. The molecule has 2 aromatic rings. The predicted octanol–water partition coefficient (Wildman–Crippen LogP) is 4.15. The van der Waals surface area contributed by atoms with Gasteiger partial charge in [0.15, 0.2) is 0 Å². The van der Waals surface area contributed by atoms with E-state index in [1.54, 1.807) is 17.5 Å². The minimum atomic E-state index is -3.50. The smallest absolute Gasteiger partial charge is 0.252 e. The van der Waals surface area contributed by atoms with Crippen LogP contribution in [-0.2, 0) is 20.2 Å². The van der Waals surface area contributed by atoms with Crippen molar-refractivity contribution in [3.63, 3.8) is 0 Å². The van der Waals surface area contributed by atoms with Crippen LogP contribution in [0.4, 0.5) is 0 Å². The van der Waals surface area contributed by atoms with Gasteiger partial charge in [-0.25, -0.2) is 8.42 Å². The van der Waals surface area contributed by atoms with Crippen molar-refractivity contribution in [2.45, 2.75) is 41.7 Å². The van der Waals surface area contributed by atoms with Crippen molar-refractivity contribution < 1.29 is 13.2 Å². The summed E-state index contributed by atoms with van der Waals surface area (Å²) in [4.78, 5) is 12.9. The Morgan fingerprint density at radius 3 is 2.72 bits per heavy atom. The summed E-state index contributed by atoms with van der Waals surface area (Å²) in [7, 11) is -3.50. The molecular formula is C21H25BrN2O3S2. The van der Waals surface area contributed by atoms with E-state index in [9.17, 15) is 13.2 Å². The lowest BCUT2D eigenvalue weighted by Crippen LogP contribution is -2.50. The molecule has 0 radical (unpaired) electrons. The highest BCUT2D eigenvalue weighted by Crippen LogP contribution is 2.44. The molecule has 8 heteroatoms. The highest BCUT2D eigenvalue weighted by atomic mass is 79.9. The van der Waals surface area contributed by atoms with Gasteiger partial charge in [-0.1, -0.05) is 40.5 Å². The summed E-state index contributed by atoms with van der Waals surface area (Å²) in [5.41, 5.74) is 1.25. The Hall–Kier alpha value is -1.22. The lowest BCUT2D eigenvalue weighted by atomic mass is 9.64. The maximum absolute atomic E-state index is 12.9. The number of hydrogen-bond donors (Lipinski definition) is 1. The summed E-state index contributed by atoms with van der Waals surface area (Å²) in [6.07, 6.45) is 4.73. The van der Waals surface area contributed by atoms with E-state index in [2.05, 4.69) is 33.4 Å². The molecule has 1 atom stereocenters. The zero-order chi connectivity index (χ0) is 20.5. The fourth-order valence-electron chi connectivity index (χ4n) is 4.30. The zero-order valence-corrected chi connectivity index (χ0v) is 19.4. The molecule has 5 nitrogen and oxygen atoms in total. The van der Waals surface area contributed by atoms with Gasteiger partial charge in [-0.15, -0.1) is 11.3 Å².